The molecular weight excluding hydrogens is 415 g/mol. The van der Waals surface area contributed by atoms with Crippen molar-refractivity contribution in [2.24, 2.45) is 0 Å². The van der Waals surface area contributed by atoms with Crippen molar-refractivity contribution >= 4 is 29.9 Å². The Morgan fingerprint density at radius 2 is 1.80 bits per heavy atom. The molecule has 1 spiro atoms. The zero-order chi connectivity index (χ0) is 21.7. The molecule has 1 amide bonds. The highest BCUT2D eigenvalue weighted by molar-refractivity contribution is 7.81. The molecule has 6 nitrogen and oxygen atoms in total. The molecule has 30 heavy (non-hydrogen) atoms. The fraction of sp³-hybridized carbons (Fsp3) is 0.300. The second kappa shape index (κ2) is 6.92. The fourth-order valence-electron chi connectivity index (χ4n) is 3.95. The van der Waals surface area contributed by atoms with Crippen LogP contribution < -0.4 is 9.80 Å². The molecule has 2 aromatic rings. The lowest BCUT2D eigenvalue weighted by molar-refractivity contribution is -0.138. The maximum atomic E-state index is 13.4. The Labute approximate surface area is 175 Å². The second-order valence-electron chi connectivity index (χ2n) is 7.13. The topological polar surface area (TPSA) is 84.0 Å². The quantitative estimate of drug-likeness (QED) is 0.734. The molecular formula is C20H14F3N5OS. The van der Waals surface area contributed by atoms with Crippen molar-refractivity contribution in [2.45, 2.75) is 36.5 Å². The van der Waals surface area contributed by atoms with Crippen LogP contribution in [0.4, 0.5) is 24.5 Å². The third-order valence-corrected chi connectivity index (χ3v) is 6.02. The number of anilines is 2. The molecule has 2 heterocycles. The number of nitriles is 2. The SMILES string of the molecule is N#Cc1ccc(N2C(S)N(c3cnc(C#N)c(C(F)(F)F)c3)C(=O)C23CCC3)cc1. The predicted octanol–water partition coefficient (Wildman–Crippen LogP) is 3.83. The molecule has 1 aliphatic carbocycles. The number of rotatable bonds is 2. The van der Waals surface area contributed by atoms with E-state index in [2.05, 4.69) is 17.6 Å². The van der Waals surface area contributed by atoms with Gasteiger partial charge in [0.25, 0.3) is 5.91 Å². The summed E-state index contributed by atoms with van der Waals surface area (Å²) in [7, 11) is 0. The van der Waals surface area contributed by atoms with Crippen LogP contribution in [0, 0.1) is 22.7 Å². The predicted molar refractivity (Wildman–Crippen MR) is 104 cm³/mol. The summed E-state index contributed by atoms with van der Waals surface area (Å²) < 4.78 is 40.2. The largest absolute Gasteiger partial charge is 0.419 e. The van der Waals surface area contributed by atoms with Crippen LogP contribution in [0.1, 0.15) is 36.1 Å². The smallest absolute Gasteiger partial charge is 0.328 e. The lowest BCUT2D eigenvalue weighted by Gasteiger charge is -2.44. The third kappa shape index (κ3) is 2.87. The Bertz CT molecular complexity index is 1100. The van der Waals surface area contributed by atoms with Crippen molar-refractivity contribution < 1.29 is 18.0 Å². The first-order valence-electron chi connectivity index (χ1n) is 9.01. The first kappa shape index (κ1) is 20.0. The van der Waals surface area contributed by atoms with Crippen LogP contribution >= 0.6 is 12.6 Å². The van der Waals surface area contributed by atoms with Gasteiger partial charge in [-0.1, -0.05) is 0 Å². The maximum Gasteiger partial charge on any atom is 0.419 e. The number of benzene rings is 1. The molecule has 1 aromatic carbocycles. The van der Waals surface area contributed by atoms with Gasteiger partial charge in [-0.2, -0.15) is 23.7 Å². The van der Waals surface area contributed by atoms with Gasteiger partial charge in [-0.15, -0.1) is 12.6 Å². The van der Waals surface area contributed by atoms with Crippen molar-refractivity contribution in [1.82, 2.24) is 4.98 Å². The van der Waals surface area contributed by atoms with E-state index in [-0.39, 0.29) is 11.6 Å². The summed E-state index contributed by atoms with van der Waals surface area (Å²) in [6, 6.07) is 10.8. The summed E-state index contributed by atoms with van der Waals surface area (Å²) >= 11 is 4.56. The van der Waals surface area contributed by atoms with E-state index in [1.165, 1.54) is 11.0 Å². The summed E-state index contributed by atoms with van der Waals surface area (Å²) in [6.45, 7) is 0. The lowest BCUT2D eigenvalue weighted by Crippen LogP contribution is -2.55. The number of hydrogen-bond donors (Lipinski definition) is 1. The van der Waals surface area contributed by atoms with E-state index in [4.69, 9.17) is 10.5 Å². The van der Waals surface area contributed by atoms with Gasteiger partial charge in [0.05, 0.1) is 29.1 Å². The normalized spacial score (nSPS) is 20.1. The number of carbonyl (C=O) groups is 1. The lowest BCUT2D eigenvalue weighted by atomic mass is 9.75. The number of pyridine rings is 1. The van der Waals surface area contributed by atoms with Crippen LogP contribution in [0.5, 0.6) is 0 Å². The van der Waals surface area contributed by atoms with Crippen molar-refractivity contribution in [3.8, 4) is 12.1 Å². The zero-order valence-corrected chi connectivity index (χ0v) is 16.3. The minimum Gasteiger partial charge on any atom is -0.328 e. The monoisotopic (exact) mass is 429 g/mol. The number of halogens is 3. The van der Waals surface area contributed by atoms with E-state index < -0.39 is 28.5 Å². The van der Waals surface area contributed by atoms with Crippen molar-refractivity contribution in [1.29, 1.82) is 10.5 Å². The number of nitrogens with zero attached hydrogens (tertiary/aromatic N) is 5. The average molecular weight is 429 g/mol. The molecule has 1 aromatic heterocycles. The standard InChI is InChI=1S/C20H14F3N5OS/c21-20(22,23)15-8-14(11-26-16(15)10-25)27-17(29)19(6-1-7-19)28(18(27)30)13-4-2-12(9-24)3-5-13/h2-5,8,11,18,30H,1,6-7H2. The Hall–Kier alpha value is -3.24. The van der Waals surface area contributed by atoms with E-state index in [1.807, 2.05) is 6.07 Å². The van der Waals surface area contributed by atoms with Gasteiger partial charge in [-0.25, -0.2) is 4.98 Å². The minimum atomic E-state index is -4.79. The number of carbonyl (C=O) groups excluding carboxylic acids is 1. The number of amides is 1. The van der Waals surface area contributed by atoms with Crippen molar-refractivity contribution in [2.75, 3.05) is 9.80 Å². The van der Waals surface area contributed by atoms with Crippen LogP contribution in [-0.4, -0.2) is 21.9 Å². The molecule has 1 saturated heterocycles. The van der Waals surface area contributed by atoms with Crippen LogP contribution in [0.25, 0.3) is 0 Å². The molecule has 2 aliphatic rings. The van der Waals surface area contributed by atoms with Crippen LogP contribution in [-0.2, 0) is 11.0 Å². The van der Waals surface area contributed by atoms with E-state index in [9.17, 15) is 18.0 Å². The summed E-state index contributed by atoms with van der Waals surface area (Å²) in [5.74, 6) is -0.363. The molecule has 0 radical (unpaired) electrons. The second-order valence-corrected chi connectivity index (χ2v) is 7.60. The van der Waals surface area contributed by atoms with Crippen molar-refractivity contribution in [3.05, 3.63) is 53.3 Å². The van der Waals surface area contributed by atoms with E-state index in [0.717, 1.165) is 18.7 Å². The van der Waals surface area contributed by atoms with Crippen LogP contribution in [0.2, 0.25) is 0 Å². The number of thiol groups is 1. The summed E-state index contributed by atoms with van der Waals surface area (Å²) in [5.41, 5.74) is -2.72. The summed E-state index contributed by atoms with van der Waals surface area (Å²) in [4.78, 5) is 19.9. The highest BCUT2D eigenvalue weighted by Crippen LogP contribution is 2.50. The molecule has 1 saturated carbocycles. The minimum absolute atomic E-state index is 0.0752. The number of hydrogen-bond acceptors (Lipinski definition) is 6. The van der Waals surface area contributed by atoms with E-state index >= 15 is 0 Å². The van der Waals surface area contributed by atoms with Gasteiger partial charge >= 0.3 is 6.18 Å². The van der Waals surface area contributed by atoms with E-state index in [0.29, 0.717) is 24.1 Å². The van der Waals surface area contributed by atoms with Gasteiger partial charge in [0.15, 0.2) is 11.2 Å². The molecule has 0 N–H and O–H groups in total. The van der Waals surface area contributed by atoms with Crippen molar-refractivity contribution in [3.63, 3.8) is 0 Å². The summed E-state index contributed by atoms with van der Waals surface area (Å²) in [5, 5.41) is 18.0. The summed E-state index contributed by atoms with van der Waals surface area (Å²) in [6.07, 6.45) is -1.83. The Kier molecular flexibility index (Phi) is 4.63. The fourth-order valence-corrected chi connectivity index (χ4v) is 4.55. The molecule has 152 valence electrons. The average Bonchev–Trinajstić information content (AvgIpc) is 2.93. The molecule has 0 bridgehead atoms. The first-order chi connectivity index (χ1) is 14.2. The van der Waals surface area contributed by atoms with Gasteiger partial charge in [0.2, 0.25) is 0 Å². The van der Waals surface area contributed by atoms with Gasteiger partial charge in [-0.3, -0.25) is 9.69 Å². The molecule has 10 heteroatoms. The number of alkyl halides is 3. The Morgan fingerprint density at radius 1 is 1.13 bits per heavy atom. The maximum absolute atomic E-state index is 13.4. The molecule has 4 rings (SSSR count). The highest BCUT2D eigenvalue weighted by Gasteiger charge is 2.60. The number of aromatic nitrogens is 1. The van der Waals surface area contributed by atoms with E-state index in [1.54, 1.807) is 29.2 Å². The zero-order valence-electron chi connectivity index (χ0n) is 15.4. The van der Waals surface area contributed by atoms with Gasteiger partial charge < -0.3 is 4.90 Å². The molecule has 1 atom stereocenters. The molecule has 1 unspecified atom stereocenters. The van der Waals surface area contributed by atoms with Gasteiger partial charge in [0, 0.05) is 5.69 Å². The Balaban J connectivity index is 1.80. The Morgan fingerprint density at radius 3 is 2.30 bits per heavy atom. The third-order valence-electron chi connectivity index (χ3n) is 5.56. The van der Waals surface area contributed by atoms with Crippen LogP contribution in [0.15, 0.2) is 36.5 Å². The molecule has 1 aliphatic heterocycles. The first-order valence-corrected chi connectivity index (χ1v) is 9.53. The highest BCUT2D eigenvalue weighted by atomic mass is 32.1. The van der Waals surface area contributed by atoms with Gasteiger partial charge in [0.1, 0.15) is 11.6 Å². The molecule has 2 fully saturated rings. The van der Waals surface area contributed by atoms with Gasteiger partial charge in [-0.05, 0) is 49.6 Å². The van der Waals surface area contributed by atoms with Crippen LogP contribution in [0.3, 0.4) is 0 Å².